The summed E-state index contributed by atoms with van der Waals surface area (Å²) in [6.07, 6.45) is 2.75. The number of nitrogens with two attached hydrogens (primary N) is 1. The zero-order chi connectivity index (χ0) is 9.26. The number of carbonyl (C=O) groups is 1. The number of aliphatic imine (C=N–C) groups is 1. The lowest BCUT2D eigenvalue weighted by Gasteiger charge is -2.09. The topological polar surface area (TPSA) is 55.5 Å². The summed E-state index contributed by atoms with van der Waals surface area (Å²) in [6.45, 7) is 0.836. The fourth-order valence-electron chi connectivity index (χ4n) is 1.44. The lowest BCUT2D eigenvalue weighted by atomic mass is 10.0. The molecule has 0 aliphatic carbocycles. The van der Waals surface area contributed by atoms with Gasteiger partial charge in [0.2, 0.25) is 5.91 Å². The molecule has 0 unspecified atom stereocenters. The number of primary amides is 1. The van der Waals surface area contributed by atoms with E-state index in [9.17, 15) is 4.79 Å². The van der Waals surface area contributed by atoms with Gasteiger partial charge in [0.15, 0.2) is 0 Å². The number of hydrogen-bond acceptors (Lipinski definition) is 2. The molecule has 1 aliphatic heterocycles. The lowest BCUT2D eigenvalue weighted by molar-refractivity contribution is 0.100. The van der Waals surface area contributed by atoms with Crippen molar-refractivity contribution in [2.45, 2.75) is 6.42 Å². The number of nitrogens with zero attached hydrogens (tertiary/aromatic N) is 1. The Morgan fingerprint density at radius 2 is 2.07 bits per heavy atom. The first kappa shape index (κ1) is 13.9. The van der Waals surface area contributed by atoms with Crippen LogP contribution >= 0.6 is 24.8 Å². The Hall–Kier alpha value is -1.06. The number of amides is 1. The maximum atomic E-state index is 10.9. The summed E-state index contributed by atoms with van der Waals surface area (Å²) in [4.78, 5) is 15.0. The van der Waals surface area contributed by atoms with Gasteiger partial charge in [-0.3, -0.25) is 9.79 Å². The summed E-state index contributed by atoms with van der Waals surface area (Å²) in [5.74, 6) is -0.387. The smallest absolute Gasteiger partial charge is 0.248 e. The molecular formula is C10H12Cl2N2O. The van der Waals surface area contributed by atoms with E-state index in [0.717, 1.165) is 18.5 Å². The molecule has 82 valence electrons. The second-order valence-electron chi connectivity index (χ2n) is 3.06. The first-order valence-corrected chi connectivity index (χ1v) is 4.20. The van der Waals surface area contributed by atoms with Crippen LogP contribution < -0.4 is 5.73 Å². The molecule has 0 spiro atoms. The van der Waals surface area contributed by atoms with Crippen molar-refractivity contribution in [2.75, 3.05) is 6.54 Å². The van der Waals surface area contributed by atoms with Crippen LogP contribution in [-0.2, 0) is 6.42 Å². The van der Waals surface area contributed by atoms with Gasteiger partial charge in [-0.2, -0.15) is 0 Å². The quantitative estimate of drug-likeness (QED) is 0.805. The minimum absolute atomic E-state index is 0. The molecule has 2 N–H and O–H groups in total. The van der Waals surface area contributed by atoms with Crippen molar-refractivity contribution in [3.8, 4) is 0 Å². The van der Waals surface area contributed by atoms with E-state index >= 15 is 0 Å². The fraction of sp³-hybridized carbons (Fsp3) is 0.200. The SMILES string of the molecule is Cl.Cl.NC(=O)c1ccc2c(c1)C=NCC2. The highest BCUT2D eigenvalue weighted by Gasteiger charge is 2.07. The average Bonchev–Trinajstić information content (AvgIpc) is 2.17. The van der Waals surface area contributed by atoms with Crippen molar-refractivity contribution >= 4 is 36.9 Å². The highest BCUT2D eigenvalue weighted by molar-refractivity contribution is 5.95. The molecule has 1 aliphatic rings. The van der Waals surface area contributed by atoms with Crippen LogP contribution in [0.2, 0.25) is 0 Å². The molecular weight excluding hydrogens is 235 g/mol. The Labute approximate surface area is 101 Å². The zero-order valence-electron chi connectivity index (χ0n) is 7.97. The molecule has 1 aromatic carbocycles. The minimum Gasteiger partial charge on any atom is -0.366 e. The maximum absolute atomic E-state index is 10.9. The van der Waals surface area contributed by atoms with Crippen molar-refractivity contribution in [3.05, 3.63) is 34.9 Å². The number of benzene rings is 1. The van der Waals surface area contributed by atoms with E-state index in [1.807, 2.05) is 6.07 Å². The van der Waals surface area contributed by atoms with E-state index in [1.54, 1.807) is 18.3 Å². The number of hydrogen-bond donors (Lipinski definition) is 1. The third-order valence-electron chi connectivity index (χ3n) is 2.17. The van der Waals surface area contributed by atoms with E-state index in [4.69, 9.17) is 5.73 Å². The van der Waals surface area contributed by atoms with E-state index in [-0.39, 0.29) is 30.7 Å². The second kappa shape index (κ2) is 5.73. The molecule has 0 bridgehead atoms. The zero-order valence-corrected chi connectivity index (χ0v) is 9.61. The largest absolute Gasteiger partial charge is 0.366 e. The molecule has 0 aromatic heterocycles. The fourth-order valence-corrected chi connectivity index (χ4v) is 1.44. The third kappa shape index (κ3) is 2.94. The first-order chi connectivity index (χ1) is 6.27. The van der Waals surface area contributed by atoms with E-state index < -0.39 is 0 Å². The molecule has 2 rings (SSSR count). The van der Waals surface area contributed by atoms with Crippen molar-refractivity contribution in [1.82, 2.24) is 0 Å². The second-order valence-corrected chi connectivity index (χ2v) is 3.06. The molecule has 0 radical (unpaired) electrons. The number of fused-ring (bicyclic) bond motifs is 1. The maximum Gasteiger partial charge on any atom is 0.248 e. The number of halogens is 2. The molecule has 1 aromatic rings. The van der Waals surface area contributed by atoms with Crippen LogP contribution in [0.4, 0.5) is 0 Å². The van der Waals surface area contributed by atoms with E-state index in [1.165, 1.54) is 5.56 Å². The first-order valence-electron chi connectivity index (χ1n) is 4.20. The Morgan fingerprint density at radius 3 is 2.73 bits per heavy atom. The summed E-state index contributed by atoms with van der Waals surface area (Å²) < 4.78 is 0. The molecule has 5 heteroatoms. The molecule has 0 saturated carbocycles. The number of rotatable bonds is 1. The van der Waals surface area contributed by atoms with Crippen molar-refractivity contribution in [2.24, 2.45) is 10.7 Å². The highest BCUT2D eigenvalue weighted by Crippen LogP contribution is 2.13. The molecule has 15 heavy (non-hydrogen) atoms. The Morgan fingerprint density at radius 1 is 1.33 bits per heavy atom. The van der Waals surface area contributed by atoms with Crippen LogP contribution in [0, 0.1) is 0 Å². The van der Waals surface area contributed by atoms with Gasteiger partial charge < -0.3 is 5.73 Å². The van der Waals surface area contributed by atoms with Gasteiger partial charge in [-0.25, -0.2) is 0 Å². The molecule has 1 amide bonds. The van der Waals surface area contributed by atoms with Crippen molar-refractivity contribution < 1.29 is 4.79 Å². The van der Waals surface area contributed by atoms with Gasteiger partial charge in [0.25, 0.3) is 0 Å². The molecule has 0 fully saturated rings. The van der Waals surface area contributed by atoms with Crippen LogP contribution in [0.3, 0.4) is 0 Å². The van der Waals surface area contributed by atoms with Crippen LogP contribution in [-0.4, -0.2) is 18.7 Å². The van der Waals surface area contributed by atoms with Gasteiger partial charge in [0.1, 0.15) is 0 Å². The van der Waals surface area contributed by atoms with Gasteiger partial charge in [-0.1, -0.05) is 6.07 Å². The van der Waals surface area contributed by atoms with Crippen molar-refractivity contribution in [1.29, 1.82) is 0 Å². The van der Waals surface area contributed by atoms with E-state index in [2.05, 4.69) is 4.99 Å². The minimum atomic E-state index is -0.387. The van der Waals surface area contributed by atoms with Crippen LogP contribution in [0.1, 0.15) is 21.5 Å². The lowest BCUT2D eigenvalue weighted by Crippen LogP contribution is -2.12. The molecule has 3 nitrogen and oxygen atoms in total. The molecule has 0 saturated heterocycles. The molecule has 0 atom stereocenters. The van der Waals surface area contributed by atoms with Gasteiger partial charge >= 0.3 is 0 Å². The van der Waals surface area contributed by atoms with Gasteiger partial charge in [-0.05, 0) is 29.7 Å². The number of carbonyl (C=O) groups excluding carboxylic acids is 1. The molecule has 1 heterocycles. The monoisotopic (exact) mass is 246 g/mol. The van der Waals surface area contributed by atoms with Gasteiger partial charge in [-0.15, -0.1) is 24.8 Å². The third-order valence-corrected chi connectivity index (χ3v) is 2.17. The van der Waals surface area contributed by atoms with Gasteiger partial charge in [0, 0.05) is 18.3 Å². The van der Waals surface area contributed by atoms with Crippen LogP contribution in [0.5, 0.6) is 0 Å². The predicted molar refractivity (Wildman–Crippen MR) is 65.6 cm³/mol. The summed E-state index contributed by atoms with van der Waals surface area (Å²) in [6, 6.07) is 5.50. The predicted octanol–water partition coefficient (Wildman–Crippen LogP) is 1.60. The van der Waals surface area contributed by atoms with Crippen molar-refractivity contribution in [3.63, 3.8) is 0 Å². The summed E-state index contributed by atoms with van der Waals surface area (Å²) >= 11 is 0. The summed E-state index contributed by atoms with van der Waals surface area (Å²) in [5.41, 5.74) is 7.96. The Bertz CT molecular complexity index is 391. The normalized spacial score (nSPS) is 12.0. The van der Waals surface area contributed by atoms with Crippen LogP contribution in [0.15, 0.2) is 23.2 Å². The Kier molecular flexibility index (Phi) is 5.33. The van der Waals surface area contributed by atoms with Crippen LogP contribution in [0.25, 0.3) is 0 Å². The summed E-state index contributed by atoms with van der Waals surface area (Å²) in [7, 11) is 0. The average molecular weight is 247 g/mol. The summed E-state index contributed by atoms with van der Waals surface area (Å²) in [5, 5.41) is 0. The van der Waals surface area contributed by atoms with Gasteiger partial charge in [0.05, 0.1) is 0 Å². The van der Waals surface area contributed by atoms with E-state index in [0.29, 0.717) is 5.56 Å². The standard InChI is InChI=1S/C10H10N2O.2ClH/c11-10(13)8-2-1-7-3-4-12-6-9(7)5-8;;/h1-2,5-6H,3-4H2,(H2,11,13);2*1H. The highest BCUT2D eigenvalue weighted by atomic mass is 35.5. The Balaban J connectivity index is 0.000000980.